The second-order valence-electron chi connectivity index (χ2n) is 7.65. The predicted molar refractivity (Wildman–Crippen MR) is 139 cm³/mol. The molecule has 2 N–H and O–H groups in total. The fourth-order valence-electron chi connectivity index (χ4n) is 3.61. The number of aliphatic imine (C=N–C) groups is 1. The van der Waals surface area contributed by atoms with Gasteiger partial charge in [-0.05, 0) is 48.9 Å². The van der Waals surface area contributed by atoms with Gasteiger partial charge in [0.15, 0.2) is 5.96 Å². The van der Waals surface area contributed by atoms with Crippen LogP contribution in [0.1, 0.15) is 18.5 Å². The van der Waals surface area contributed by atoms with Crippen molar-refractivity contribution in [1.29, 1.82) is 0 Å². The summed E-state index contributed by atoms with van der Waals surface area (Å²) >= 11 is 0. The Kier molecular flexibility index (Phi) is 11.7. The number of halogens is 2. The van der Waals surface area contributed by atoms with E-state index in [2.05, 4.69) is 32.7 Å². The Bertz CT molecular complexity index is 846. The summed E-state index contributed by atoms with van der Waals surface area (Å²) in [5.74, 6) is 1.90. The van der Waals surface area contributed by atoms with Crippen LogP contribution in [-0.2, 0) is 4.74 Å². The van der Waals surface area contributed by atoms with E-state index in [9.17, 15) is 4.39 Å². The Morgan fingerprint density at radius 1 is 1.03 bits per heavy atom. The number of hydrogen-bond donors (Lipinski definition) is 2. The van der Waals surface area contributed by atoms with Gasteiger partial charge in [0.05, 0.1) is 32.9 Å². The highest BCUT2D eigenvalue weighted by Crippen LogP contribution is 2.23. The predicted octanol–water partition coefficient (Wildman–Crippen LogP) is 3.46. The summed E-state index contributed by atoms with van der Waals surface area (Å²) in [4.78, 5) is 6.77. The lowest BCUT2D eigenvalue weighted by Crippen LogP contribution is -2.47. The summed E-state index contributed by atoms with van der Waals surface area (Å²) in [7, 11) is 3.42. The largest absolute Gasteiger partial charge is 0.497 e. The minimum atomic E-state index is -0.278. The highest BCUT2D eigenvalue weighted by atomic mass is 127. The van der Waals surface area contributed by atoms with E-state index in [4.69, 9.17) is 14.2 Å². The normalized spacial score (nSPS) is 16.3. The highest BCUT2D eigenvalue weighted by molar-refractivity contribution is 14.0. The van der Waals surface area contributed by atoms with Crippen LogP contribution in [-0.4, -0.2) is 70.5 Å². The van der Waals surface area contributed by atoms with E-state index >= 15 is 0 Å². The zero-order valence-corrected chi connectivity index (χ0v) is 21.8. The third kappa shape index (κ3) is 8.63. The lowest BCUT2D eigenvalue weighted by molar-refractivity contribution is 0.0170. The first kappa shape index (κ1) is 27.1. The van der Waals surface area contributed by atoms with Gasteiger partial charge in [-0.2, -0.15) is 0 Å². The molecule has 0 spiro atoms. The van der Waals surface area contributed by atoms with Crippen LogP contribution in [0.25, 0.3) is 0 Å². The Morgan fingerprint density at radius 3 is 2.24 bits per heavy atom. The Labute approximate surface area is 212 Å². The summed E-state index contributed by atoms with van der Waals surface area (Å²) in [5, 5.41) is 6.75. The van der Waals surface area contributed by atoms with E-state index in [0.29, 0.717) is 24.8 Å². The average molecular weight is 572 g/mol. The van der Waals surface area contributed by atoms with Crippen LogP contribution in [0.3, 0.4) is 0 Å². The molecule has 0 aromatic heterocycles. The SMILES string of the molecule is CN=C(NCC(C)Oc1ccc(F)cc1)NCC(c1ccc(OC)cc1)N1CCOCC1.I. The molecule has 3 rings (SSSR count). The van der Waals surface area contributed by atoms with Gasteiger partial charge in [0, 0.05) is 26.7 Å². The maximum absolute atomic E-state index is 13.1. The molecule has 1 fully saturated rings. The number of benzene rings is 2. The molecule has 1 aliphatic rings. The molecule has 1 saturated heterocycles. The van der Waals surface area contributed by atoms with Gasteiger partial charge < -0.3 is 24.8 Å². The molecule has 0 amide bonds. The molecule has 0 bridgehead atoms. The van der Waals surface area contributed by atoms with Crippen molar-refractivity contribution >= 4 is 29.9 Å². The number of nitrogens with one attached hydrogen (secondary N) is 2. The maximum Gasteiger partial charge on any atom is 0.191 e. The molecule has 1 aliphatic heterocycles. The average Bonchev–Trinajstić information content (AvgIpc) is 2.83. The van der Waals surface area contributed by atoms with Gasteiger partial charge in [0.2, 0.25) is 0 Å². The second-order valence-corrected chi connectivity index (χ2v) is 7.65. The van der Waals surface area contributed by atoms with E-state index < -0.39 is 0 Å². The standard InChI is InChI=1S/C24H33FN4O3.HI/c1-18(32-22-10-6-20(25)7-11-22)16-27-24(26-2)28-17-23(29-12-14-31-15-13-29)19-4-8-21(30-3)9-5-19;/h4-11,18,23H,12-17H2,1-3H3,(H2,26,27,28);1H. The molecule has 9 heteroatoms. The molecule has 2 aromatic carbocycles. The molecule has 2 aromatic rings. The van der Waals surface area contributed by atoms with Crippen molar-refractivity contribution in [2.75, 3.05) is 53.6 Å². The summed E-state index contributed by atoms with van der Waals surface area (Å²) < 4.78 is 29.7. The highest BCUT2D eigenvalue weighted by Gasteiger charge is 2.23. The monoisotopic (exact) mass is 572 g/mol. The van der Waals surface area contributed by atoms with Crippen molar-refractivity contribution in [2.24, 2.45) is 4.99 Å². The molecule has 2 atom stereocenters. The smallest absolute Gasteiger partial charge is 0.191 e. The molecular formula is C24H34FIN4O3. The van der Waals surface area contributed by atoms with E-state index in [1.165, 1.54) is 17.7 Å². The van der Waals surface area contributed by atoms with E-state index in [1.807, 2.05) is 19.1 Å². The minimum Gasteiger partial charge on any atom is -0.497 e. The van der Waals surface area contributed by atoms with Gasteiger partial charge in [0.1, 0.15) is 23.4 Å². The first-order chi connectivity index (χ1) is 15.6. The van der Waals surface area contributed by atoms with Crippen LogP contribution in [0, 0.1) is 5.82 Å². The molecule has 182 valence electrons. The second kappa shape index (κ2) is 14.2. The summed E-state index contributed by atoms with van der Waals surface area (Å²) in [5.41, 5.74) is 1.21. The number of nitrogens with zero attached hydrogens (tertiary/aromatic N) is 2. The number of ether oxygens (including phenoxy) is 3. The van der Waals surface area contributed by atoms with Crippen LogP contribution < -0.4 is 20.1 Å². The first-order valence-electron chi connectivity index (χ1n) is 10.9. The number of guanidine groups is 1. The summed E-state index contributed by atoms with van der Waals surface area (Å²) in [6.07, 6.45) is -0.115. The molecule has 2 unspecified atom stereocenters. The topological polar surface area (TPSA) is 67.4 Å². The van der Waals surface area contributed by atoms with E-state index in [1.54, 1.807) is 26.3 Å². The van der Waals surface area contributed by atoms with Crippen LogP contribution >= 0.6 is 24.0 Å². The van der Waals surface area contributed by atoms with Crippen molar-refractivity contribution in [1.82, 2.24) is 15.5 Å². The fourth-order valence-corrected chi connectivity index (χ4v) is 3.61. The Balaban J connectivity index is 0.00000385. The number of rotatable bonds is 9. The van der Waals surface area contributed by atoms with Crippen molar-refractivity contribution in [3.05, 3.63) is 59.9 Å². The van der Waals surface area contributed by atoms with Gasteiger partial charge in [-0.1, -0.05) is 12.1 Å². The van der Waals surface area contributed by atoms with Gasteiger partial charge in [-0.25, -0.2) is 4.39 Å². The number of morpholine rings is 1. The third-order valence-electron chi connectivity index (χ3n) is 5.38. The first-order valence-corrected chi connectivity index (χ1v) is 10.9. The van der Waals surface area contributed by atoms with Crippen molar-refractivity contribution in [3.63, 3.8) is 0 Å². The molecule has 0 radical (unpaired) electrons. The van der Waals surface area contributed by atoms with Gasteiger partial charge in [0.25, 0.3) is 0 Å². The maximum atomic E-state index is 13.1. The van der Waals surface area contributed by atoms with Gasteiger partial charge in [-0.15, -0.1) is 24.0 Å². The van der Waals surface area contributed by atoms with Crippen molar-refractivity contribution in [2.45, 2.75) is 19.1 Å². The Morgan fingerprint density at radius 2 is 1.64 bits per heavy atom. The molecular weight excluding hydrogens is 538 g/mol. The molecule has 0 aliphatic carbocycles. The van der Waals surface area contributed by atoms with E-state index in [0.717, 1.165) is 32.1 Å². The summed E-state index contributed by atoms with van der Waals surface area (Å²) in [6, 6.07) is 14.4. The van der Waals surface area contributed by atoms with Crippen LogP contribution in [0.2, 0.25) is 0 Å². The number of methoxy groups -OCH3 is 1. The van der Waals surface area contributed by atoms with Crippen LogP contribution in [0.5, 0.6) is 11.5 Å². The van der Waals surface area contributed by atoms with Crippen molar-refractivity contribution in [3.8, 4) is 11.5 Å². The van der Waals surface area contributed by atoms with Crippen LogP contribution in [0.15, 0.2) is 53.5 Å². The fraction of sp³-hybridized carbons (Fsp3) is 0.458. The van der Waals surface area contributed by atoms with Gasteiger partial charge >= 0.3 is 0 Å². The minimum absolute atomic E-state index is 0. The lowest BCUT2D eigenvalue weighted by atomic mass is 10.0. The van der Waals surface area contributed by atoms with Crippen molar-refractivity contribution < 1.29 is 18.6 Å². The molecule has 1 heterocycles. The van der Waals surface area contributed by atoms with Crippen LogP contribution in [0.4, 0.5) is 4.39 Å². The van der Waals surface area contributed by atoms with Gasteiger partial charge in [-0.3, -0.25) is 9.89 Å². The zero-order valence-electron chi connectivity index (χ0n) is 19.4. The Hall–Kier alpha value is -2.11. The number of hydrogen-bond acceptors (Lipinski definition) is 5. The van der Waals surface area contributed by atoms with E-state index in [-0.39, 0.29) is 41.9 Å². The molecule has 0 saturated carbocycles. The quantitative estimate of drug-likeness (QED) is 0.273. The molecule has 7 nitrogen and oxygen atoms in total. The summed E-state index contributed by atoms with van der Waals surface area (Å²) in [6.45, 7) is 6.44. The lowest BCUT2D eigenvalue weighted by Gasteiger charge is -2.35. The molecule has 33 heavy (non-hydrogen) atoms. The third-order valence-corrected chi connectivity index (χ3v) is 5.38. The zero-order chi connectivity index (χ0) is 22.8.